The summed E-state index contributed by atoms with van der Waals surface area (Å²) < 4.78 is 0. The van der Waals surface area contributed by atoms with Crippen LogP contribution in [0.3, 0.4) is 0 Å². The van der Waals surface area contributed by atoms with Crippen molar-refractivity contribution in [2.75, 3.05) is 0 Å². The molecule has 0 N–H and O–H groups in total. The van der Waals surface area contributed by atoms with Gasteiger partial charge in [-0.3, -0.25) is 4.98 Å². The van der Waals surface area contributed by atoms with Crippen LogP contribution >= 0.6 is 11.6 Å². The quantitative estimate of drug-likeness (QED) is 0.479. The molecule has 0 aliphatic rings. The van der Waals surface area contributed by atoms with Gasteiger partial charge in [0.05, 0.1) is 5.02 Å². The third-order valence-corrected chi connectivity index (χ3v) is 1.62. The predicted molar refractivity (Wildman–Crippen MR) is 34.6 cm³/mol. The Morgan fingerprint density at radius 2 is 2.38 bits per heavy atom. The van der Waals surface area contributed by atoms with E-state index in [2.05, 4.69) is 15.2 Å². The van der Waals surface area contributed by atoms with Gasteiger partial charge < -0.3 is 0 Å². The Hall–Kier alpha value is -0.343. The van der Waals surface area contributed by atoms with Gasteiger partial charge in [0.1, 0.15) is 10.2 Å². The van der Waals surface area contributed by atoms with Crippen LogP contribution in [0.25, 0.3) is 0 Å². The summed E-state index contributed by atoms with van der Waals surface area (Å²) in [5.74, 6) is 0. The van der Waals surface area contributed by atoms with E-state index < -0.39 is 0 Å². The average Bonchev–Trinajstić information content (AvgIpc) is 1.77. The maximum atomic E-state index is 5.60. The fraction of sp³-hybridized carbons (Fsp3) is 0. The molecular formula is C5H3ClNSi. The van der Waals surface area contributed by atoms with Crippen LogP contribution in [0.1, 0.15) is 0 Å². The number of rotatable bonds is 0. The molecule has 0 saturated carbocycles. The first kappa shape index (κ1) is 5.79. The van der Waals surface area contributed by atoms with Crippen molar-refractivity contribution in [3.63, 3.8) is 0 Å². The van der Waals surface area contributed by atoms with Gasteiger partial charge in [0.15, 0.2) is 0 Å². The van der Waals surface area contributed by atoms with Crippen molar-refractivity contribution in [3.8, 4) is 0 Å². The molecule has 3 heteroatoms. The highest BCUT2D eigenvalue weighted by molar-refractivity contribution is 6.43. The first-order chi connectivity index (χ1) is 3.80. The Labute approximate surface area is 56.1 Å². The van der Waals surface area contributed by atoms with E-state index in [1.165, 1.54) is 0 Å². The normalized spacial score (nSPS) is 9.25. The SMILES string of the molecule is [Si]c1ncccc1Cl. The smallest absolute Gasteiger partial charge is 0.102 e. The Morgan fingerprint density at radius 1 is 1.62 bits per heavy atom. The van der Waals surface area contributed by atoms with Gasteiger partial charge >= 0.3 is 0 Å². The Kier molecular flexibility index (Phi) is 1.65. The van der Waals surface area contributed by atoms with Crippen LogP contribution in [-0.4, -0.2) is 15.2 Å². The third kappa shape index (κ3) is 1.08. The number of pyridine rings is 1. The highest BCUT2D eigenvalue weighted by Crippen LogP contribution is 1.97. The number of hydrogen-bond donors (Lipinski definition) is 0. The molecule has 0 amide bonds. The molecule has 3 radical (unpaired) electrons. The van der Waals surface area contributed by atoms with Crippen molar-refractivity contribution in [3.05, 3.63) is 23.4 Å². The second-order valence-corrected chi connectivity index (χ2v) is 2.21. The van der Waals surface area contributed by atoms with E-state index in [-0.39, 0.29) is 0 Å². The first-order valence-corrected chi connectivity index (χ1v) is 3.00. The molecule has 1 rings (SSSR count). The molecule has 0 aliphatic carbocycles. The molecule has 39 valence electrons. The molecule has 0 unspecified atom stereocenters. The molecule has 0 aromatic carbocycles. The van der Waals surface area contributed by atoms with Gasteiger partial charge in [0, 0.05) is 11.5 Å². The van der Waals surface area contributed by atoms with E-state index in [9.17, 15) is 0 Å². The highest BCUT2D eigenvalue weighted by atomic mass is 35.5. The van der Waals surface area contributed by atoms with Crippen molar-refractivity contribution in [1.29, 1.82) is 0 Å². The van der Waals surface area contributed by atoms with Gasteiger partial charge in [-0.05, 0) is 12.1 Å². The predicted octanol–water partition coefficient (Wildman–Crippen LogP) is 0.529. The lowest BCUT2D eigenvalue weighted by molar-refractivity contribution is 1.39. The maximum Gasteiger partial charge on any atom is 0.102 e. The molecule has 0 fully saturated rings. The van der Waals surface area contributed by atoms with Crippen LogP contribution in [-0.2, 0) is 0 Å². The van der Waals surface area contributed by atoms with Gasteiger partial charge in [-0.25, -0.2) is 0 Å². The van der Waals surface area contributed by atoms with Gasteiger partial charge in [0.25, 0.3) is 0 Å². The van der Waals surface area contributed by atoms with E-state index in [1.807, 2.05) is 0 Å². The molecule has 0 spiro atoms. The van der Waals surface area contributed by atoms with Crippen LogP contribution in [0, 0.1) is 0 Å². The minimum atomic E-state index is 0.643. The zero-order chi connectivity index (χ0) is 5.98. The lowest BCUT2D eigenvalue weighted by Crippen LogP contribution is -2.07. The van der Waals surface area contributed by atoms with Crippen molar-refractivity contribution in [1.82, 2.24) is 4.98 Å². The molecule has 0 atom stereocenters. The minimum Gasteiger partial charge on any atom is -0.265 e. The molecule has 0 saturated heterocycles. The van der Waals surface area contributed by atoms with Crippen molar-refractivity contribution in [2.45, 2.75) is 0 Å². The van der Waals surface area contributed by atoms with Gasteiger partial charge in [-0.1, -0.05) is 11.6 Å². The summed E-state index contributed by atoms with van der Waals surface area (Å²) in [5.41, 5.74) is 0. The second kappa shape index (κ2) is 2.28. The summed E-state index contributed by atoms with van der Waals surface area (Å²) >= 11 is 5.60. The Bertz CT molecular complexity index is 169. The molecule has 1 heterocycles. The lowest BCUT2D eigenvalue weighted by Gasteiger charge is -1.89. The van der Waals surface area contributed by atoms with Gasteiger partial charge in [0.2, 0.25) is 0 Å². The van der Waals surface area contributed by atoms with Gasteiger partial charge in [-0.2, -0.15) is 0 Å². The van der Waals surface area contributed by atoms with Crippen LogP contribution < -0.4 is 5.32 Å². The van der Waals surface area contributed by atoms with Crippen LogP contribution in [0.5, 0.6) is 0 Å². The monoisotopic (exact) mass is 140 g/mol. The molecule has 0 aliphatic heterocycles. The number of halogens is 1. The summed E-state index contributed by atoms with van der Waals surface area (Å²) in [6, 6.07) is 3.56. The van der Waals surface area contributed by atoms with E-state index in [0.717, 1.165) is 0 Å². The van der Waals surface area contributed by atoms with E-state index in [0.29, 0.717) is 10.3 Å². The molecule has 1 aromatic rings. The average molecular weight is 141 g/mol. The number of nitrogens with zero attached hydrogens (tertiary/aromatic N) is 1. The van der Waals surface area contributed by atoms with E-state index >= 15 is 0 Å². The highest BCUT2D eigenvalue weighted by Gasteiger charge is 1.88. The van der Waals surface area contributed by atoms with Crippen molar-refractivity contribution in [2.24, 2.45) is 0 Å². The Morgan fingerprint density at radius 3 is 2.75 bits per heavy atom. The zero-order valence-corrected chi connectivity index (χ0v) is 5.81. The third-order valence-electron chi connectivity index (χ3n) is 0.758. The van der Waals surface area contributed by atoms with Crippen LogP contribution in [0.4, 0.5) is 0 Å². The first-order valence-electron chi connectivity index (χ1n) is 2.13. The van der Waals surface area contributed by atoms with Crippen molar-refractivity contribution < 1.29 is 0 Å². The summed E-state index contributed by atoms with van der Waals surface area (Å²) in [5, 5.41) is 1.33. The summed E-state index contributed by atoms with van der Waals surface area (Å²) in [6.07, 6.45) is 1.67. The number of aromatic nitrogens is 1. The maximum absolute atomic E-state index is 5.60. The van der Waals surface area contributed by atoms with Crippen molar-refractivity contribution >= 4 is 27.2 Å². The summed E-state index contributed by atoms with van der Waals surface area (Å²) in [6.45, 7) is 0. The molecule has 1 aromatic heterocycles. The van der Waals surface area contributed by atoms with E-state index in [1.54, 1.807) is 18.3 Å². The minimum absolute atomic E-state index is 0.643. The fourth-order valence-corrected chi connectivity index (χ4v) is 0.665. The topological polar surface area (TPSA) is 12.9 Å². The second-order valence-electron chi connectivity index (χ2n) is 1.33. The standard InChI is InChI=1S/C5H3ClNSi/c6-4-2-1-3-7-5(4)8/h1-3H. The lowest BCUT2D eigenvalue weighted by atomic mass is 10.5. The number of hydrogen-bond acceptors (Lipinski definition) is 1. The Balaban J connectivity index is 3.13. The van der Waals surface area contributed by atoms with Crippen LogP contribution in [0.2, 0.25) is 5.02 Å². The molecular weight excluding hydrogens is 138 g/mol. The summed E-state index contributed by atoms with van der Waals surface area (Å²) in [7, 11) is 3.20. The van der Waals surface area contributed by atoms with E-state index in [4.69, 9.17) is 11.6 Å². The largest absolute Gasteiger partial charge is 0.265 e. The van der Waals surface area contributed by atoms with Gasteiger partial charge in [-0.15, -0.1) is 0 Å². The van der Waals surface area contributed by atoms with Crippen LogP contribution in [0.15, 0.2) is 18.3 Å². The molecule has 1 nitrogen and oxygen atoms in total. The molecule has 8 heavy (non-hydrogen) atoms. The fourth-order valence-electron chi connectivity index (χ4n) is 0.386. The summed E-state index contributed by atoms with van der Waals surface area (Å²) in [4.78, 5) is 3.86. The zero-order valence-electron chi connectivity index (χ0n) is 4.06. The molecule has 0 bridgehead atoms.